The van der Waals surface area contributed by atoms with E-state index in [1.54, 1.807) is 0 Å². The van der Waals surface area contributed by atoms with Gasteiger partial charge >= 0.3 is 0 Å². The van der Waals surface area contributed by atoms with Crippen LogP contribution in [0, 0.1) is 0 Å². The molecule has 0 saturated carbocycles. The molecule has 0 aliphatic rings. The molecule has 0 heterocycles. The number of nitrogens with two attached hydrogens (primary N) is 1. The number of para-hydroxylation sites is 1. The average Bonchev–Trinajstić information content (AvgIpc) is 2.47. The Kier molecular flexibility index (Phi) is 5.18. The Balaban J connectivity index is 1.70. The van der Waals surface area contributed by atoms with Gasteiger partial charge in [-0.15, -0.1) is 0 Å². The molecule has 1 amide bonds. The fourth-order valence-electron chi connectivity index (χ4n) is 2.08. The van der Waals surface area contributed by atoms with Crippen LogP contribution in [0.15, 0.2) is 54.6 Å². The lowest BCUT2D eigenvalue weighted by molar-refractivity contribution is -0.121. The van der Waals surface area contributed by atoms with Crippen molar-refractivity contribution in [2.24, 2.45) is 0 Å². The van der Waals surface area contributed by atoms with Gasteiger partial charge in [-0.25, -0.2) is 0 Å². The van der Waals surface area contributed by atoms with Gasteiger partial charge in [-0.3, -0.25) is 4.79 Å². The van der Waals surface area contributed by atoms with Crippen molar-refractivity contribution in [1.82, 2.24) is 5.32 Å². The van der Waals surface area contributed by atoms with Gasteiger partial charge in [0.2, 0.25) is 5.91 Å². The molecule has 0 spiro atoms. The third kappa shape index (κ3) is 4.43. The topological polar surface area (TPSA) is 55.1 Å². The van der Waals surface area contributed by atoms with Crippen LogP contribution < -0.4 is 11.1 Å². The number of carbonyl (C=O) groups excluding carboxylic acids is 1. The molecular weight excluding hydrogens is 248 g/mol. The minimum Gasteiger partial charge on any atom is -0.398 e. The summed E-state index contributed by atoms with van der Waals surface area (Å²) in [6.07, 6.45) is 2.34. The first-order chi connectivity index (χ1) is 9.75. The Morgan fingerprint density at radius 2 is 1.70 bits per heavy atom. The summed E-state index contributed by atoms with van der Waals surface area (Å²) in [5.41, 5.74) is 8.78. The van der Waals surface area contributed by atoms with Gasteiger partial charge in [0.25, 0.3) is 0 Å². The quantitative estimate of drug-likeness (QED) is 0.791. The van der Waals surface area contributed by atoms with E-state index in [2.05, 4.69) is 17.4 Å². The van der Waals surface area contributed by atoms with E-state index in [9.17, 15) is 4.79 Å². The van der Waals surface area contributed by atoms with Crippen molar-refractivity contribution in [2.45, 2.75) is 25.8 Å². The highest BCUT2D eigenvalue weighted by molar-refractivity contribution is 5.76. The summed E-state index contributed by atoms with van der Waals surface area (Å²) in [5, 5.41) is 2.91. The zero-order valence-corrected chi connectivity index (χ0v) is 11.5. The molecular formula is C17H20N2O. The van der Waals surface area contributed by atoms with Crippen LogP contribution in [0.25, 0.3) is 0 Å². The molecule has 0 aliphatic heterocycles. The van der Waals surface area contributed by atoms with Crippen LogP contribution in [-0.4, -0.2) is 5.91 Å². The molecule has 0 fully saturated rings. The van der Waals surface area contributed by atoms with Crippen molar-refractivity contribution in [3.05, 3.63) is 65.7 Å². The van der Waals surface area contributed by atoms with E-state index >= 15 is 0 Å². The van der Waals surface area contributed by atoms with Crippen molar-refractivity contribution in [3.63, 3.8) is 0 Å². The smallest absolute Gasteiger partial charge is 0.220 e. The summed E-state index contributed by atoms with van der Waals surface area (Å²) in [4.78, 5) is 11.8. The van der Waals surface area contributed by atoms with Crippen molar-refractivity contribution >= 4 is 11.6 Å². The highest BCUT2D eigenvalue weighted by Crippen LogP contribution is 2.10. The summed E-state index contributed by atoms with van der Waals surface area (Å²) in [5.74, 6) is 0.0733. The molecule has 104 valence electrons. The van der Waals surface area contributed by atoms with Crippen LogP contribution in [0.3, 0.4) is 0 Å². The van der Waals surface area contributed by atoms with Crippen LogP contribution in [0.4, 0.5) is 5.69 Å². The number of rotatable bonds is 6. The number of hydrogen-bond donors (Lipinski definition) is 2. The maximum Gasteiger partial charge on any atom is 0.220 e. The van der Waals surface area contributed by atoms with Gasteiger partial charge in [-0.1, -0.05) is 48.5 Å². The molecule has 20 heavy (non-hydrogen) atoms. The van der Waals surface area contributed by atoms with Gasteiger partial charge in [0, 0.05) is 18.7 Å². The van der Waals surface area contributed by atoms with E-state index in [0.717, 1.165) is 24.1 Å². The molecule has 0 atom stereocenters. The third-order valence-corrected chi connectivity index (χ3v) is 3.24. The number of hydrogen-bond acceptors (Lipinski definition) is 2. The normalized spacial score (nSPS) is 10.2. The minimum atomic E-state index is 0.0733. The van der Waals surface area contributed by atoms with E-state index in [-0.39, 0.29) is 5.91 Å². The van der Waals surface area contributed by atoms with E-state index in [0.29, 0.717) is 13.0 Å². The lowest BCUT2D eigenvalue weighted by atomic mass is 10.1. The molecule has 2 aromatic carbocycles. The predicted molar refractivity (Wildman–Crippen MR) is 82.1 cm³/mol. The number of anilines is 1. The fourth-order valence-corrected chi connectivity index (χ4v) is 2.08. The number of nitrogen functional groups attached to an aromatic ring is 1. The lowest BCUT2D eigenvalue weighted by Crippen LogP contribution is -2.23. The Bertz CT molecular complexity index is 552. The van der Waals surface area contributed by atoms with Crippen LogP contribution >= 0.6 is 0 Å². The summed E-state index contributed by atoms with van der Waals surface area (Å²) in [6, 6.07) is 17.8. The molecule has 0 aromatic heterocycles. The molecule has 0 radical (unpaired) electrons. The minimum absolute atomic E-state index is 0.0733. The molecule has 3 N–H and O–H groups in total. The molecule has 0 bridgehead atoms. The maximum atomic E-state index is 11.8. The number of aryl methyl sites for hydroxylation is 1. The Labute approximate surface area is 119 Å². The first-order valence-electron chi connectivity index (χ1n) is 6.90. The highest BCUT2D eigenvalue weighted by Gasteiger charge is 2.03. The molecule has 3 heteroatoms. The lowest BCUT2D eigenvalue weighted by Gasteiger charge is -2.07. The van der Waals surface area contributed by atoms with Crippen LogP contribution in [0.2, 0.25) is 0 Å². The van der Waals surface area contributed by atoms with Gasteiger partial charge < -0.3 is 11.1 Å². The zero-order valence-electron chi connectivity index (χ0n) is 11.5. The number of nitrogens with one attached hydrogen (secondary N) is 1. The first kappa shape index (κ1) is 14.1. The summed E-state index contributed by atoms with van der Waals surface area (Å²) in [7, 11) is 0. The Morgan fingerprint density at radius 1 is 1.00 bits per heavy atom. The van der Waals surface area contributed by atoms with Crippen molar-refractivity contribution in [2.75, 3.05) is 5.73 Å². The van der Waals surface area contributed by atoms with E-state index in [1.807, 2.05) is 42.5 Å². The molecule has 2 aromatic rings. The fraction of sp³-hybridized carbons (Fsp3) is 0.235. The molecule has 0 unspecified atom stereocenters. The van der Waals surface area contributed by atoms with Crippen LogP contribution in [0.5, 0.6) is 0 Å². The second-order valence-corrected chi connectivity index (χ2v) is 4.81. The van der Waals surface area contributed by atoms with E-state index in [4.69, 9.17) is 5.73 Å². The second-order valence-electron chi connectivity index (χ2n) is 4.81. The summed E-state index contributed by atoms with van der Waals surface area (Å²) < 4.78 is 0. The average molecular weight is 268 g/mol. The van der Waals surface area contributed by atoms with Crippen LogP contribution in [-0.2, 0) is 17.8 Å². The highest BCUT2D eigenvalue weighted by atomic mass is 16.1. The molecule has 2 rings (SSSR count). The summed E-state index contributed by atoms with van der Waals surface area (Å²) in [6.45, 7) is 0.497. The predicted octanol–water partition coefficient (Wildman–Crippen LogP) is 2.91. The first-order valence-corrected chi connectivity index (χ1v) is 6.90. The van der Waals surface area contributed by atoms with Gasteiger partial charge in [-0.05, 0) is 30.0 Å². The van der Waals surface area contributed by atoms with Crippen molar-refractivity contribution in [3.8, 4) is 0 Å². The summed E-state index contributed by atoms with van der Waals surface area (Å²) >= 11 is 0. The van der Waals surface area contributed by atoms with Crippen LogP contribution in [0.1, 0.15) is 24.0 Å². The van der Waals surface area contributed by atoms with E-state index < -0.39 is 0 Å². The van der Waals surface area contributed by atoms with Gasteiger partial charge in [0.05, 0.1) is 0 Å². The van der Waals surface area contributed by atoms with Crippen molar-refractivity contribution < 1.29 is 4.79 Å². The Morgan fingerprint density at radius 3 is 2.45 bits per heavy atom. The zero-order chi connectivity index (χ0) is 14.2. The second kappa shape index (κ2) is 7.34. The standard InChI is InChI=1S/C17H20N2O/c18-16-11-5-4-10-15(16)13-19-17(20)12-6-9-14-7-2-1-3-8-14/h1-5,7-8,10-11H,6,9,12-13,18H2,(H,19,20). The van der Waals surface area contributed by atoms with E-state index in [1.165, 1.54) is 5.56 Å². The maximum absolute atomic E-state index is 11.8. The third-order valence-electron chi connectivity index (χ3n) is 3.24. The Hall–Kier alpha value is -2.29. The monoisotopic (exact) mass is 268 g/mol. The SMILES string of the molecule is Nc1ccccc1CNC(=O)CCCc1ccccc1. The van der Waals surface area contributed by atoms with Gasteiger partial charge in [0.15, 0.2) is 0 Å². The van der Waals surface area contributed by atoms with Gasteiger partial charge in [0.1, 0.15) is 0 Å². The largest absolute Gasteiger partial charge is 0.398 e. The number of benzene rings is 2. The molecule has 3 nitrogen and oxygen atoms in total. The van der Waals surface area contributed by atoms with Crippen molar-refractivity contribution in [1.29, 1.82) is 0 Å². The molecule has 0 saturated heterocycles. The van der Waals surface area contributed by atoms with Gasteiger partial charge in [-0.2, -0.15) is 0 Å². The number of carbonyl (C=O) groups is 1. The number of amides is 1. The molecule has 0 aliphatic carbocycles.